The first-order valence-electron chi connectivity index (χ1n) is 6.49. The highest BCUT2D eigenvalue weighted by molar-refractivity contribution is 7.12. The summed E-state index contributed by atoms with van der Waals surface area (Å²) in [6, 6.07) is 15.4. The molecule has 0 aliphatic carbocycles. The molecular weight excluding hydrogens is 282 g/mol. The molecule has 0 spiro atoms. The first kappa shape index (κ1) is 12.1. The number of hydrogen-bond acceptors (Lipinski definition) is 4. The Morgan fingerprint density at radius 1 is 1.00 bits per heavy atom. The van der Waals surface area contributed by atoms with Crippen LogP contribution >= 0.6 is 11.3 Å². The summed E-state index contributed by atoms with van der Waals surface area (Å²) in [5.41, 5.74) is 5.87. The SMILES string of the molecule is Oc1ccc(-c2c(-c3nncs3)[nH]c3ccccc23)cc1. The molecule has 0 aliphatic heterocycles. The monoisotopic (exact) mass is 293 g/mol. The van der Waals surface area contributed by atoms with Gasteiger partial charge in [0.1, 0.15) is 11.3 Å². The molecule has 5 heteroatoms. The standard InChI is InChI=1S/C16H11N3OS/c20-11-7-5-10(6-8-11)14-12-3-1-2-4-13(12)18-15(14)16-19-17-9-21-16/h1-9,18,20H. The van der Waals surface area contributed by atoms with Crippen LogP contribution in [0, 0.1) is 0 Å². The van der Waals surface area contributed by atoms with Crippen molar-refractivity contribution in [2.45, 2.75) is 0 Å². The van der Waals surface area contributed by atoms with Crippen LogP contribution in [0.1, 0.15) is 0 Å². The minimum Gasteiger partial charge on any atom is -0.508 e. The fraction of sp³-hybridized carbons (Fsp3) is 0. The second kappa shape index (κ2) is 4.71. The molecule has 4 rings (SSSR count). The molecule has 0 unspecified atom stereocenters. The van der Waals surface area contributed by atoms with E-state index in [0.29, 0.717) is 0 Å². The molecule has 0 bridgehead atoms. The summed E-state index contributed by atoms with van der Waals surface area (Å²) < 4.78 is 0. The van der Waals surface area contributed by atoms with Gasteiger partial charge in [0.25, 0.3) is 0 Å². The smallest absolute Gasteiger partial charge is 0.164 e. The molecule has 4 aromatic rings. The van der Waals surface area contributed by atoms with E-state index in [4.69, 9.17) is 0 Å². The van der Waals surface area contributed by atoms with Crippen LogP contribution in [0.3, 0.4) is 0 Å². The molecule has 0 radical (unpaired) electrons. The van der Waals surface area contributed by atoms with Crippen molar-refractivity contribution in [3.05, 3.63) is 54.0 Å². The largest absolute Gasteiger partial charge is 0.508 e. The van der Waals surface area contributed by atoms with E-state index >= 15 is 0 Å². The van der Waals surface area contributed by atoms with Crippen molar-refractivity contribution in [1.82, 2.24) is 15.2 Å². The predicted molar refractivity (Wildman–Crippen MR) is 84.3 cm³/mol. The average Bonchev–Trinajstić information content (AvgIpc) is 3.15. The topological polar surface area (TPSA) is 61.8 Å². The first-order chi connectivity index (χ1) is 10.3. The molecule has 0 aliphatic rings. The Balaban J connectivity index is 2.05. The van der Waals surface area contributed by atoms with Gasteiger partial charge in [0.05, 0.1) is 5.69 Å². The Morgan fingerprint density at radius 2 is 1.81 bits per heavy atom. The zero-order valence-electron chi connectivity index (χ0n) is 10.9. The summed E-state index contributed by atoms with van der Waals surface area (Å²) in [5.74, 6) is 0.260. The zero-order chi connectivity index (χ0) is 14.2. The lowest BCUT2D eigenvalue weighted by atomic mass is 10.0. The van der Waals surface area contributed by atoms with Crippen molar-refractivity contribution in [3.8, 4) is 27.6 Å². The number of aromatic nitrogens is 3. The van der Waals surface area contributed by atoms with Gasteiger partial charge in [-0.3, -0.25) is 0 Å². The van der Waals surface area contributed by atoms with Gasteiger partial charge >= 0.3 is 0 Å². The van der Waals surface area contributed by atoms with Crippen molar-refractivity contribution in [3.63, 3.8) is 0 Å². The lowest BCUT2D eigenvalue weighted by Crippen LogP contribution is -1.82. The molecule has 0 fully saturated rings. The van der Waals surface area contributed by atoms with E-state index in [1.165, 1.54) is 11.3 Å². The summed E-state index contributed by atoms with van der Waals surface area (Å²) in [7, 11) is 0. The molecule has 4 nitrogen and oxygen atoms in total. The molecule has 21 heavy (non-hydrogen) atoms. The molecule has 0 saturated carbocycles. The number of aromatic hydroxyl groups is 1. The van der Waals surface area contributed by atoms with Gasteiger partial charge in [0.2, 0.25) is 0 Å². The van der Waals surface area contributed by atoms with Crippen LogP contribution in [0.5, 0.6) is 5.75 Å². The third-order valence-electron chi connectivity index (χ3n) is 3.44. The highest BCUT2D eigenvalue weighted by atomic mass is 32.1. The normalized spacial score (nSPS) is 11.0. The maximum absolute atomic E-state index is 9.49. The Hall–Kier alpha value is -2.66. The predicted octanol–water partition coefficient (Wildman–Crippen LogP) is 4.06. The average molecular weight is 293 g/mol. The molecule has 2 aromatic heterocycles. The number of hydrogen-bond donors (Lipinski definition) is 2. The highest BCUT2D eigenvalue weighted by Crippen LogP contribution is 2.38. The van der Waals surface area contributed by atoms with E-state index in [-0.39, 0.29) is 5.75 Å². The fourth-order valence-corrected chi connectivity index (χ4v) is 3.07. The molecule has 0 amide bonds. The molecule has 0 atom stereocenters. The van der Waals surface area contributed by atoms with Crippen LogP contribution in [0.2, 0.25) is 0 Å². The number of phenolic OH excluding ortho intramolecular Hbond substituents is 1. The Bertz CT molecular complexity index is 895. The van der Waals surface area contributed by atoms with Gasteiger partial charge < -0.3 is 10.1 Å². The number of para-hydroxylation sites is 1. The van der Waals surface area contributed by atoms with Crippen molar-refractivity contribution in [1.29, 1.82) is 0 Å². The highest BCUT2D eigenvalue weighted by Gasteiger charge is 2.16. The van der Waals surface area contributed by atoms with Gasteiger partial charge in [-0.25, -0.2) is 0 Å². The van der Waals surface area contributed by atoms with Gasteiger partial charge in [0.15, 0.2) is 5.01 Å². The van der Waals surface area contributed by atoms with E-state index in [0.717, 1.165) is 32.7 Å². The van der Waals surface area contributed by atoms with Crippen LogP contribution in [0.15, 0.2) is 54.0 Å². The fourth-order valence-electron chi connectivity index (χ4n) is 2.51. The summed E-state index contributed by atoms with van der Waals surface area (Å²) in [5, 5.41) is 19.6. The van der Waals surface area contributed by atoms with E-state index < -0.39 is 0 Å². The van der Waals surface area contributed by atoms with Crippen molar-refractivity contribution >= 4 is 22.2 Å². The van der Waals surface area contributed by atoms with Gasteiger partial charge in [0, 0.05) is 16.5 Å². The second-order valence-electron chi connectivity index (χ2n) is 4.71. The van der Waals surface area contributed by atoms with Crippen LogP contribution < -0.4 is 0 Å². The number of nitrogens with zero attached hydrogens (tertiary/aromatic N) is 2. The van der Waals surface area contributed by atoms with E-state index in [9.17, 15) is 5.11 Å². The quantitative estimate of drug-likeness (QED) is 0.586. The van der Waals surface area contributed by atoms with Gasteiger partial charge in [-0.15, -0.1) is 10.2 Å². The third kappa shape index (κ3) is 1.98. The number of rotatable bonds is 2. The number of fused-ring (bicyclic) bond motifs is 1. The molecule has 2 heterocycles. The van der Waals surface area contributed by atoms with E-state index in [2.05, 4.69) is 21.2 Å². The summed E-state index contributed by atoms with van der Waals surface area (Å²) >= 11 is 1.50. The summed E-state index contributed by atoms with van der Waals surface area (Å²) in [6.45, 7) is 0. The molecule has 2 aromatic carbocycles. The maximum Gasteiger partial charge on any atom is 0.164 e. The van der Waals surface area contributed by atoms with Crippen LogP contribution in [-0.4, -0.2) is 20.3 Å². The third-order valence-corrected chi connectivity index (χ3v) is 4.14. The molecule has 0 saturated heterocycles. The van der Waals surface area contributed by atoms with E-state index in [1.807, 2.05) is 30.3 Å². The van der Waals surface area contributed by atoms with E-state index in [1.54, 1.807) is 17.6 Å². The number of H-pyrrole nitrogens is 1. The molecule has 2 N–H and O–H groups in total. The lowest BCUT2D eigenvalue weighted by molar-refractivity contribution is 0.475. The number of benzene rings is 2. The summed E-state index contributed by atoms with van der Waals surface area (Å²) in [4.78, 5) is 3.43. The molecular formula is C16H11N3OS. The summed E-state index contributed by atoms with van der Waals surface area (Å²) in [6.07, 6.45) is 0. The first-order valence-corrected chi connectivity index (χ1v) is 7.37. The number of aromatic amines is 1. The van der Waals surface area contributed by atoms with Gasteiger partial charge in [-0.05, 0) is 23.8 Å². The lowest BCUT2D eigenvalue weighted by Gasteiger charge is -2.03. The van der Waals surface area contributed by atoms with Crippen LogP contribution in [-0.2, 0) is 0 Å². The van der Waals surface area contributed by atoms with Gasteiger partial charge in [-0.1, -0.05) is 41.7 Å². The Kier molecular flexibility index (Phi) is 2.72. The van der Waals surface area contributed by atoms with Crippen molar-refractivity contribution in [2.75, 3.05) is 0 Å². The Morgan fingerprint density at radius 3 is 2.57 bits per heavy atom. The van der Waals surface area contributed by atoms with Crippen molar-refractivity contribution < 1.29 is 5.11 Å². The Labute approximate surface area is 124 Å². The second-order valence-corrected chi connectivity index (χ2v) is 5.54. The van der Waals surface area contributed by atoms with Crippen LogP contribution in [0.25, 0.3) is 32.7 Å². The minimum absolute atomic E-state index is 0.260. The number of phenols is 1. The minimum atomic E-state index is 0.260. The molecule has 102 valence electrons. The van der Waals surface area contributed by atoms with Gasteiger partial charge in [-0.2, -0.15) is 0 Å². The van der Waals surface area contributed by atoms with Crippen LogP contribution in [0.4, 0.5) is 0 Å². The van der Waals surface area contributed by atoms with Crippen molar-refractivity contribution in [2.24, 2.45) is 0 Å². The maximum atomic E-state index is 9.49. The number of nitrogens with one attached hydrogen (secondary N) is 1. The zero-order valence-corrected chi connectivity index (χ0v) is 11.8.